The fraction of sp³-hybridized carbons (Fsp3) is 0.0256. The lowest BCUT2D eigenvalue weighted by Gasteiger charge is -2.11. The van der Waals surface area contributed by atoms with E-state index in [9.17, 15) is 0 Å². The van der Waals surface area contributed by atoms with Crippen molar-refractivity contribution in [1.82, 2.24) is 24.5 Å². The van der Waals surface area contributed by atoms with Gasteiger partial charge >= 0.3 is 0 Å². The molecule has 19 aromatic rings. The minimum atomic E-state index is 0. The Balaban J connectivity index is 0.000000112. The van der Waals surface area contributed by atoms with E-state index in [1.54, 1.807) is 22.7 Å². The topological polar surface area (TPSA) is 56.5 Å². The van der Waals surface area contributed by atoms with E-state index in [0.717, 1.165) is 60.3 Å². The van der Waals surface area contributed by atoms with Crippen molar-refractivity contribution in [2.75, 3.05) is 0 Å². The number of nitrogens with zero attached hydrogens (tertiary/aromatic N) is 5. The van der Waals surface area contributed by atoms with Gasteiger partial charge in [-0.3, -0.25) is 4.57 Å². The molecule has 12 aromatic carbocycles. The van der Waals surface area contributed by atoms with E-state index in [4.69, 9.17) is 21.6 Å². The first-order valence-electron chi connectivity index (χ1n) is 28.9. The van der Waals surface area contributed by atoms with Gasteiger partial charge in [-0.2, -0.15) is 0 Å². The van der Waals surface area contributed by atoms with E-state index in [0.29, 0.717) is 11.2 Å². The summed E-state index contributed by atoms with van der Waals surface area (Å²) in [6.45, 7) is 0. The van der Waals surface area contributed by atoms with Crippen LogP contribution in [0.15, 0.2) is 255 Å². The zero-order valence-corrected chi connectivity index (χ0v) is 50.2. The van der Waals surface area contributed by atoms with Crippen LogP contribution in [0.2, 0.25) is 5.28 Å². The second kappa shape index (κ2) is 21.0. The monoisotopic (exact) mass is 1220 g/mol. The smallest absolute Gasteiger partial charge is 0.235 e. The summed E-state index contributed by atoms with van der Waals surface area (Å²) < 4.78 is 12.4. The van der Waals surface area contributed by atoms with Crippen molar-refractivity contribution in [1.29, 1.82) is 0 Å². The van der Waals surface area contributed by atoms with Gasteiger partial charge in [-0.1, -0.05) is 232 Å². The van der Waals surface area contributed by atoms with Gasteiger partial charge in [0, 0.05) is 84.1 Å². The Kier molecular flexibility index (Phi) is 12.6. The summed E-state index contributed by atoms with van der Waals surface area (Å²) in [4.78, 5) is 19.7. The SMILES string of the molecule is C.Clc1nc(-c2ccccc2)c2sc3ccccc3c2n1.c1ccc(-c2nc(-n3c4ccccc4c4c5ccccc5c5c6ccccc6sc5c43)nc3c2sc2ccccc23)cc1.c1ccc2c(c1)Cc1c-2c2ccccc2c2c1sc1ccccc12. The van der Waals surface area contributed by atoms with Gasteiger partial charge in [0.15, 0.2) is 0 Å². The van der Waals surface area contributed by atoms with Crippen LogP contribution in [0.5, 0.6) is 0 Å². The van der Waals surface area contributed by atoms with Crippen molar-refractivity contribution in [2.45, 2.75) is 13.8 Å². The van der Waals surface area contributed by atoms with Crippen LogP contribution in [0.4, 0.5) is 0 Å². The molecule has 7 heterocycles. The van der Waals surface area contributed by atoms with Gasteiger partial charge in [-0.25, -0.2) is 19.9 Å². The Bertz CT molecular complexity index is 6020. The molecule has 20 rings (SSSR count). The van der Waals surface area contributed by atoms with Gasteiger partial charge in [-0.05, 0) is 85.7 Å². The second-order valence-electron chi connectivity index (χ2n) is 22.0. The maximum atomic E-state index is 6.11. The van der Waals surface area contributed by atoms with Crippen molar-refractivity contribution in [2.24, 2.45) is 0 Å². The summed E-state index contributed by atoms with van der Waals surface area (Å²) in [7, 11) is 0. The minimum absolute atomic E-state index is 0. The van der Waals surface area contributed by atoms with Crippen molar-refractivity contribution in [3.8, 4) is 39.6 Å². The highest BCUT2D eigenvalue weighted by Gasteiger charge is 2.27. The van der Waals surface area contributed by atoms with Gasteiger partial charge < -0.3 is 0 Å². The largest absolute Gasteiger partial charge is 0.276 e. The summed E-state index contributed by atoms with van der Waals surface area (Å²) in [6.07, 6.45) is 1.06. The Morgan fingerprint density at radius 1 is 0.341 bits per heavy atom. The number of benzene rings is 12. The normalized spacial score (nSPS) is 12.0. The molecule has 0 aliphatic heterocycles. The molecule has 0 atom stereocenters. The average molecular weight is 1220 g/mol. The molecule has 0 radical (unpaired) electrons. The zero-order chi connectivity index (χ0) is 57.3. The number of rotatable bonds is 3. The molecule has 88 heavy (non-hydrogen) atoms. The quantitative estimate of drug-likeness (QED) is 0.165. The molecule has 7 aromatic heterocycles. The summed E-state index contributed by atoms with van der Waals surface area (Å²) in [5.41, 5.74) is 14.1. The Morgan fingerprint density at radius 3 is 1.38 bits per heavy atom. The van der Waals surface area contributed by atoms with Gasteiger partial charge in [0.25, 0.3) is 0 Å². The fourth-order valence-electron chi connectivity index (χ4n) is 13.5. The molecule has 0 N–H and O–H groups in total. The highest BCUT2D eigenvalue weighted by molar-refractivity contribution is 7.27. The standard InChI is InChI=1S/C38H21N3S2.C23H14S.C16H9ClN2S.CH4/c1-2-12-22(13-3-1)33-37-34(27-18-8-11-21-30(27)43-37)40-38(39-33)41-28-19-9-6-16-25(28)31-23-14-4-5-15-24(23)32-26-17-7-10-20-29(26)42-36(32)35(31)41;1-2-8-15-14(7-1)13-19-21(15)16-9-3-4-10-17(16)22-18-11-5-6-12-20(18)24-23(19)22;17-16-18-13(10-6-2-1-3-7-10)15-14(19-16)11-8-4-5-9-12(11)20-15;/h1-21H;1-12H,13H2;1-9H;1H4. The molecule has 1 aliphatic carbocycles. The molecular formula is C78H48ClN5S4. The van der Waals surface area contributed by atoms with Crippen LogP contribution < -0.4 is 0 Å². The van der Waals surface area contributed by atoms with Crippen LogP contribution in [0.1, 0.15) is 18.6 Å². The highest BCUT2D eigenvalue weighted by Crippen LogP contribution is 2.52. The second-order valence-corrected chi connectivity index (χ2v) is 26.5. The summed E-state index contributed by atoms with van der Waals surface area (Å²) in [6, 6.07) is 90.4. The van der Waals surface area contributed by atoms with E-state index in [1.165, 1.54) is 115 Å². The van der Waals surface area contributed by atoms with Crippen LogP contribution in [-0.2, 0) is 6.42 Å². The molecule has 0 unspecified atom stereocenters. The molecular weight excluding hydrogens is 1170 g/mol. The zero-order valence-electron chi connectivity index (χ0n) is 46.2. The molecule has 0 amide bonds. The summed E-state index contributed by atoms with van der Waals surface area (Å²) in [5, 5.41) is 15.8. The molecule has 0 saturated carbocycles. The molecule has 5 nitrogen and oxygen atoms in total. The first kappa shape index (κ1) is 52.6. The number of hydrogen-bond acceptors (Lipinski definition) is 8. The van der Waals surface area contributed by atoms with E-state index in [2.05, 4.69) is 227 Å². The first-order chi connectivity index (χ1) is 43.1. The van der Waals surface area contributed by atoms with Gasteiger partial charge in [0.05, 0.1) is 47.6 Å². The lowest BCUT2D eigenvalue weighted by atomic mass is 9.94. The van der Waals surface area contributed by atoms with Crippen LogP contribution in [0.25, 0.3) is 164 Å². The van der Waals surface area contributed by atoms with E-state index in [1.807, 2.05) is 65.1 Å². The van der Waals surface area contributed by atoms with Gasteiger partial charge in [0.1, 0.15) is 0 Å². The maximum absolute atomic E-state index is 6.11. The maximum Gasteiger partial charge on any atom is 0.235 e. The lowest BCUT2D eigenvalue weighted by molar-refractivity contribution is 1.02. The Morgan fingerprint density at radius 2 is 0.761 bits per heavy atom. The molecule has 0 spiro atoms. The molecule has 10 heteroatoms. The van der Waals surface area contributed by atoms with Crippen molar-refractivity contribution < 1.29 is 0 Å². The van der Waals surface area contributed by atoms with E-state index >= 15 is 0 Å². The van der Waals surface area contributed by atoms with Crippen molar-refractivity contribution >= 4 is 181 Å². The predicted molar refractivity (Wildman–Crippen MR) is 382 cm³/mol. The van der Waals surface area contributed by atoms with Crippen LogP contribution >= 0.6 is 56.9 Å². The lowest BCUT2D eigenvalue weighted by Crippen LogP contribution is -2.02. The van der Waals surface area contributed by atoms with Crippen molar-refractivity contribution in [3.63, 3.8) is 0 Å². The molecule has 0 fully saturated rings. The molecule has 1 aliphatic rings. The Hall–Kier alpha value is -9.71. The third-order valence-electron chi connectivity index (χ3n) is 17.1. The average Bonchev–Trinajstić information content (AvgIpc) is 1.57. The van der Waals surface area contributed by atoms with Crippen LogP contribution in [0.3, 0.4) is 0 Å². The number of hydrogen-bond donors (Lipinski definition) is 0. The van der Waals surface area contributed by atoms with Crippen molar-refractivity contribution in [3.05, 3.63) is 271 Å². The predicted octanol–water partition coefficient (Wildman–Crippen LogP) is 23.7. The van der Waals surface area contributed by atoms with Gasteiger partial charge in [-0.15, -0.1) is 45.3 Å². The highest BCUT2D eigenvalue weighted by atomic mass is 35.5. The summed E-state index contributed by atoms with van der Waals surface area (Å²) in [5.74, 6) is 0.704. The number of aromatic nitrogens is 5. The fourth-order valence-corrected chi connectivity index (χ4v) is 18.5. The molecule has 416 valence electrons. The molecule has 0 bridgehead atoms. The van der Waals surface area contributed by atoms with Gasteiger partial charge in [0.2, 0.25) is 11.2 Å². The van der Waals surface area contributed by atoms with E-state index < -0.39 is 0 Å². The minimum Gasteiger partial charge on any atom is -0.276 e. The Labute approximate surface area is 526 Å². The number of thiophene rings is 4. The third kappa shape index (κ3) is 8.15. The first-order valence-corrected chi connectivity index (χ1v) is 32.6. The molecule has 0 saturated heterocycles. The summed E-state index contributed by atoms with van der Waals surface area (Å²) >= 11 is 13.4. The van der Waals surface area contributed by atoms with Crippen LogP contribution in [0, 0.1) is 0 Å². The number of para-hydroxylation sites is 1. The third-order valence-corrected chi connectivity index (χ3v) is 22.0. The number of halogens is 1. The van der Waals surface area contributed by atoms with Crippen LogP contribution in [-0.4, -0.2) is 24.5 Å². The number of fused-ring (bicyclic) bond motifs is 26. The van der Waals surface area contributed by atoms with E-state index in [-0.39, 0.29) is 7.43 Å².